The van der Waals surface area contributed by atoms with Gasteiger partial charge in [-0.3, -0.25) is 4.99 Å². The number of guanidine groups is 1. The van der Waals surface area contributed by atoms with Gasteiger partial charge in [0.1, 0.15) is 5.75 Å². The van der Waals surface area contributed by atoms with Crippen molar-refractivity contribution in [2.24, 2.45) is 4.99 Å². The lowest BCUT2D eigenvalue weighted by Gasteiger charge is -2.20. The Hall–Kier alpha value is -1.80. The number of halogens is 1. The van der Waals surface area contributed by atoms with Crippen molar-refractivity contribution in [3.63, 3.8) is 0 Å². The number of rotatable bonds is 8. The Balaban J connectivity index is 0.00000364. The molecule has 2 aromatic rings. The predicted octanol–water partition coefficient (Wildman–Crippen LogP) is 3.36. The van der Waals surface area contributed by atoms with E-state index in [1.54, 1.807) is 14.2 Å². The van der Waals surface area contributed by atoms with E-state index in [9.17, 15) is 5.11 Å². The van der Waals surface area contributed by atoms with Crippen LogP contribution in [0.4, 0.5) is 0 Å². The van der Waals surface area contributed by atoms with Gasteiger partial charge in [-0.1, -0.05) is 55.5 Å². The summed E-state index contributed by atoms with van der Waals surface area (Å²) in [4.78, 5) is 4.28. The molecule has 0 aliphatic rings. The second kappa shape index (κ2) is 12.6. The molecule has 2 atom stereocenters. The summed E-state index contributed by atoms with van der Waals surface area (Å²) >= 11 is 0. The van der Waals surface area contributed by atoms with Crippen LogP contribution in [0.3, 0.4) is 0 Å². The average Bonchev–Trinajstić information content (AvgIpc) is 2.71. The number of methoxy groups -OCH3 is 1. The quantitative estimate of drug-likeness (QED) is 0.306. The summed E-state index contributed by atoms with van der Waals surface area (Å²) < 4.78 is 5.44. The number of hydrogen-bond acceptors (Lipinski definition) is 3. The molecule has 2 aromatic carbocycles. The van der Waals surface area contributed by atoms with Crippen molar-refractivity contribution in [2.75, 3.05) is 33.9 Å². The van der Waals surface area contributed by atoms with E-state index in [1.807, 2.05) is 48.5 Å². The number of ether oxygens (including phenoxy) is 1. The molecule has 2 unspecified atom stereocenters. The number of aliphatic imine (C=N–C) groups is 1. The summed E-state index contributed by atoms with van der Waals surface area (Å²) in [5.41, 5.74) is 2.27. The third-order valence-electron chi connectivity index (χ3n) is 4.48. The van der Waals surface area contributed by atoms with E-state index in [2.05, 4.69) is 28.6 Å². The fourth-order valence-electron chi connectivity index (χ4n) is 2.89. The van der Waals surface area contributed by atoms with Crippen LogP contribution in [0.1, 0.15) is 29.9 Å². The topological polar surface area (TPSA) is 65.9 Å². The molecule has 0 saturated heterocycles. The van der Waals surface area contributed by atoms with Crippen molar-refractivity contribution in [1.29, 1.82) is 0 Å². The summed E-state index contributed by atoms with van der Waals surface area (Å²) in [5, 5.41) is 16.3. The van der Waals surface area contributed by atoms with Crippen molar-refractivity contribution in [1.82, 2.24) is 10.6 Å². The van der Waals surface area contributed by atoms with Crippen molar-refractivity contribution >= 4 is 29.9 Å². The fraction of sp³-hybridized carbons (Fsp3) is 0.381. The Labute approximate surface area is 179 Å². The van der Waals surface area contributed by atoms with E-state index < -0.39 is 0 Å². The zero-order valence-corrected chi connectivity index (χ0v) is 18.5. The molecular weight excluding hydrogens is 453 g/mol. The van der Waals surface area contributed by atoms with Crippen molar-refractivity contribution in [2.45, 2.75) is 18.8 Å². The number of nitrogens with zero attached hydrogens (tertiary/aromatic N) is 1. The lowest BCUT2D eigenvalue weighted by atomic mass is 10.00. The van der Waals surface area contributed by atoms with Gasteiger partial charge in [-0.05, 0) is 17.2 Å². The van der Waals surface area contributed by atoms with Gasteiger partial charge in [0.25, 0.3) is 0 Å². The highest BCUT2D eigenvalue weighted by Gasteiger charge is 2.13. The van der Waals surface area contributed by atoms with Gasteiger partial charge in [-0.25, -0.2) is 0 Å². The number of aliphatic hydroxyl groups is 1. The minimum absolute atomic E-state index is 0. The van der Waals surface area contributed by atoms with Crippen LogP contribution in [0.25, 0.3) is 0 Å². The molecule has 0 bridgehead atoms. The fourth-order valence-corrected chi connectivity index (χ4v) is 2.89. The van der Waals surface area contributed by atoms with Crippen LogP contribution in [0.5, 0.6) is 5.75 Å². The molecule has 0 amide bonds. The first-order chi connectivity index (χ1) is 12.7. The molecule has 27 heavy (non-hydrogen) atoms. The van der Waals surface area contributed by atoms with E-state index in [0.29, 0.717) is 6.54 Å². The maximum Gasteiger partial charge on any atom is 0.191 e. The second-order valence-corrected chi connectivity index (χ2v) is 6.27. The standard InChI is InChI=1S/C21H29N3O2.HI/c1-16(19-11-7-8-12-20(19)26-3)13-23-21(22-2)24-14-18(15-25)17-9-5-4-6-10-17;/h4-12,16,18,25H,13-15H2,1-3H3,(H2,22,23,24);1H. The summed E-state index contributed by atoms with van der Waals surface area (Å²) in [6.07, 6.45) is 0. The van der Waals surface area contributed by atoms with Gasteiger partial charge in [0.2, 0.25) is 0 Å². The van der Waals surface area contributed by atoms with Crippen LogP contribution < -0.4 is 15.4 Å². The molecule has 0 fully saturated rings. The SMILES string of the molecule is CN=C(NCC(C)c1ccccc1OC)NCC(CO)c1ccccc1.I. The zero-order valence-electron chi connectivity index (χ0n) is 16.2. The van der Waals surface area contributed by atoms with Crippen LogP contribution in [0, 0.1) is 0 Å². The minimum atomic E-state index is 0. The molecule has 0 saturated carbocycles. The number of benzene rings is 2. The first-order valence-corrected chi connectivity index (χ1v) is 8.92. The van der Waals surface area contributed by atoms with E-state index in [0.717, 1.165) is 29.4 Å². The largest absolute Gasteiger partial charge is 0.496 e. The Bertz CT molecular complexity index is 695. The van der Waals surface area contributed by atoms with Gasteiger partial charge < -0.3 is 20.5 Å². The van der Waals surface area contributed by atoms with Gasteiger partial charge in [0.05, 0.1) is 13.7 Å². The minimum Gasteiger partial charge on any atom is -0.496 e. The first kappa shape index (κ1) is 23.2. The maximum atomic E-state index is 9.68. The molecular formula is C21H30IN3O2. The third kappa shape index (κ3) is 7.03. The van der Waals surface area contributed by atoms with Crippen LogP contribution >= 0.6 is 24.0 Å². The molecule has 148 valence electrons. The van der Waals surface area contributed by atoms with Crippen LogP contribution in [-0.2, 0) is 0 Å². The summed E-state index contributed by atoms with van der Waals surface area (Å²) in [6.45, 7) is 3.59. The van der Waals surface area contributed by atoms with Crippen molar-refractivity contribution in [3.05, 3.63) is 65.7 Å². The van der Waals surface area contributed by atoms with Crippen molar-refractivity contribution in [3.8, 4) is 5.75 Å². The Morgan fingerprint density at radius 2 is 1.67 bits per heavy atom. The molecule has 0 aliphatic heterocycles. The molecule has 6 heteroatoms. The summed E-state index contributed by atoms with van der Waals surface area (Å²) in [6, 6.07) is 18.1. The molecule has 0 spiro atoms. The van der Waals surface area contributed by atoms with Gasteiger partial charge >= 0.3 is 0 Å². The number of hydrogen-bond donors (Lipinski definition) is 3. The van der Waals surface area contributed by atoms with Gasteiger partial charge in [0, 0.05) is 32.0 Å². The molecule has 0 aliphatic carbocycles. The van der Waals surface area contributed by atoms with Crippen LogP contribution in [0.15, 0.2) is 59.6 Å². The van der Waals surface area contributed by atoms with Crippen molar-refractivity contribution < 1.29 is 9.84 Å². The molecule has 0 heterocycles. The lowest BCUT2D eigenvalue weighted by molar-refractivity contribution is 0.265. The Morgan fingerprint density at radius 3 is 2.30 bits per heavy atom. The van der Waals surface area contributed by atoms with Crippen LogP contribution in [-0.4, -0.2) is 44.9 Å². The molecule has 0 radical (unpaired) electrons. The summed E-state index contributed by atoms with van der Waals surface area (Å²) in [5.74, 6) is 1.92. The van der Waals surface area contributed by atoms with E-state index in [4.69, 9.17) is 4.74 Å². The van der Waals surface area contributed by atoms with Gasteiger partial charge in [0.15, 0.2) is 5.96 Å². The molecule has 0 aromatic heterocycles. The second-order valence-electron chi connectivity index (χ2n) is 6.27. The van der Waals surface area contributed by atoms with E-state index >= 15 is 0 Å². The first-order valence-electron chi connectivity index (χ1n) is 8.92. The smallest absolute Gasteiger partial charge is 0.191 e. The number of para-hydroxylation sites is 1. The van der Waals surface area contributed by atoms with Gasteiger partial charge in [-0.15, -0.1) is 24.0 Å². The molecule has 5 nitrogen and oxygen atoms in total. The van der Waals surface area contributed by atoms with Crippen LogP contribution in [0.2, 0.25) is 0 Å². The average molecular weight is 483 g/mol. The number of aliphatic hydroxyl groups excluding tert-OH is 1. The normalized spacial score (nSPS) is 13.3. The third-order valence-corrected chi connectivity index (χ3v) is 4.48. The Kier molecular flexibility index (Phi) is 10.8. The highest BCUT2D eigenvalue weighted by Crippen LogP contribution is 2.25. The predicted molar refractivity (Wildman–Crippen MR) is 122 cm³/mol. The van der Waals surface area contributed by atoms with E-state index in [-0.39, 0.29) is 42.4 Å². The van der Waals surface area contributed by atoms with Gasteiger partial charge in [-0.2, -0.15) is 0 Å². The highest BCUT2D eigenvalue weighted by atomic mass is 127. The maximum absolute atomic E-state index is 9.68. The monoisotopic (exact) mass is 483 g/mol. The molecule has 2 rings (SSSR count). The highest BCUT2D eigenvalue weighted by molar-refractivity contribution is 14.0. The lowest BCUT2D eigenvalue weighted by Crippen LogP contribution is -2.41. The Morgan fingerprint density at radius 1 is 1.04 bits per heavy atom. The number of nitrogens with one attached hydrogen (secondary N) is 2. The summed E-state index contributed by atoms with van der Waals surface area (Å²) in [7, 11) is 3.44. The molecule has 3 N–H and O–H groups in total. The zero-order chi connectivity index (χ0) is 18.8. The van der Waals surface area contributed by atoms with E-state index in [1.165, 1.54) is 0 Å².